The van der Waals surface area contributed by atoms with Gasteiger partial charge < -0.3 is 4.74 Å². The van der Waals surface area contributed by atoms with Gasteiger partial charge in [0, 0.05) is 11.1 Å². The van der Waals surface area contributed by atoms with Gasteiger partial charge in [-0.15, -0.1) is 0 Å². The van der Waals surface area contributed by atoms with Gasteiger partial charge in [-0.3, -0.25) is 4.79 Å². The van der Waals surface area contributed by atoms with E-state index in [2.05, 4.69) is 9.97 Å². The standard InChI is InChI=1S/C19H19ClFN3O3/c1-18(2,3)27-17(26)24-15(25)11-8-10(6-7-12(11)19(24,4)5)14-13(21)9-22-16(20)23-14/h6-9H,1-5H3. The fourth-order valence-corrected chi connectivity index (χ4v) is 3.20. The van der Waals surface area contributed by atoms with Crippen LogP contribution in [0.2, 0.25) is 5.28 Å². The fraction of sp³-hybridized carbons (Fsp3) is 0.368. The van der Waals surface area contributed by atoms with E-state index < -0.39 is 29.0 Å². The lowest BCUT2D eigenvalue weighted by Crippen LogP contribution is -2.46. The van der Waals surface area contributed by atoms with Crippen molar-refractivity contribution in [2.45, 2.75) is 45.8 Å². The van der Waals surface area contributed by atoms with Crippen LogP contribution in [0.25, 0.3) is 11.3 Å². The normalized spacial score (nSPS) is 15.7. The summed E-state index contributed by atoms with van der Waals surface area (Å²) in [5, 5.41) is -0.103. The molecule has 0 saturated carbocycles. The number of carbonyl (C=O) groups is 2. The molecule has 2 heterocycles. The summed E-state index contributed by atoms with van der Waals surface area (Å²) in [4.78, 5) is 34.1. The largest absolute Gasteiger partial charge is 0.443 e. The second-order valence-electron chi connectivity index (χ2n) is 7.78. The van der Waals surface area contributed by atoms with E-state index in [4.69, 9.17) is 16.3 Å². The van der Waals surface area contributed by atoms with Crippen molar-refractivity contribution in [2.24, 2.45) is 0 Å². The average molecular weight is 392 g/mol. The Labute approximate surface area is 161 Å². The lowest BCUT2D eigenvalue weighted by molar-refractivity contribution is 0.00937. The molecule has 6 nitrogen and oxygen atoms in total. The molecule has 1 aliphatic rings. The molecular weight excluding hydrogens is 373 g/mol. The Morgan fingerprint density at radius 3 is 2.59 bits per heavy atom. The molecule has 0 spiro atoms. The smallest absolute Gasteiger partial charge is 0.418 e. The van der Waals surface area contributed by atoms with Crippen LogP contribution in [0.3, 0.4) is 0 Å². The summed E-state index contributed by atoms with van der Waals surface area (Å²) in [6.07, 6.45) is 0.239. The molecule has 1 aliphatic heterocycles. The molecule has 0 atom stereocenters. The van der Waals surface area contributed by atoms with E-state index in [0.29, 0.717) is 11.1 Å². The number of hydrogen-bond acceptors (Lipinski definition) is 5. The van der Waals surface area contributed by atoms with Crippen molar-refractivity contribution in [3.63, 3.8) is 0 Å². The van der Waals surface area contributed by atoms with Crippen LogP contribution in [0, 0.1) is 5.82 Å². The Morgan fingerprint density at radius 1 is 1.30 bits per heavy atom. The van der Waals surface area contributed by atoms with E-state index in [1.54, 1.807) is 46.8 Å². The minimum atomic E-state index is -0.908. The summed E-state index contributed by atoms with van der Waals surface area (Å²) in [5.74, 6) is -1.17. The number of ether oxygens (including phenoxy) is 1. The minimum absolute atomic E-state index is 0.0147. The lowest BCUT2D eigenvalue weighted by Gasteiger charge is -2.32. The van der Waals surface area contributed by atoms with E-state index in [9.17, 15) is 14.0 Å². The highest BCUT2D eigenvalue weighted by atomic mass is 35.5. The van der Waals surface area contributed by atoms with Crippen LogP contribution in [0.15, 0.2) is 24.4 Å². The maximum atomic E-state index is 14.1. The summed E-state index contributed by atoms with van der Waals surface area (Å²) in [6, 6.07) is 4.82. The Morgan fingerprint density at radius 2 is 1.96 bits per heavy atom. The topological polar surface area (TPSA) is 72.4 Å². The Kier molecular flexibility index (Phi) is 4.46. The monoisotopic (exact) mass is 391 g/mol. The first-order valence-electron chi connectivity index (χ1n) is 8.32. The second kappa shape index (κ2) is 6.27. The molecule has 2 aromatic rings. The highest BCUT2D eigenvalue weighted by Crippen LogP contribution is 2.41. The first kappa shape index (κ1) is 19.2. The van der Waals surface area contributed by atoms with Crippen LogP contribution in [0.1, 0.15) is 50.5 Å². The molecule has 8 heteroatoms. The van der Waals surface area contributed by atoms with Crippen molar-refractivity contribution in [1.29, 1.82) is 0 Å². The zero-order valence-corrected chi connectivity index (χ0v) is 16.4. The van der Waals surface area contributed by atoms with E-state index >= 15 is 0 Å². The lowest BCUT2D eigenvalue weighted by atomic mass is 9.92. The first-order chi connectivity index (χ1) is 12.4. The molecule has 0 bridgehead atoms. The number of benzene rings is 1. The maximum Gasteiger partial charge on any atom is 0.418 e. The first-order valence-corrected chi connectivity index (χ1v) is 8.70. The molecule has 1 aromatic carbocycles. The second-order valence-corrected chi connectivity index (χ2v) is 8.11. The number of nitrogens with zero attached hydrogens (tertiary/aromatic N) is 3. The third-order valence-electron chi connectivity index (χ3n) is 4.24. The van der Waals surface area contributed by atoms with Crippen molar-refractivity contribution < 1.29 is 18.7 Å². The van der Waals surface area contributed by atoms with E-state index in [-0.39, 0.29) is 16.5 Å². The molecule has 0 saturated heterocycles. The van der Waals surface area contributed by atoms with Crippen molar-refractivity contribution in [3.05, 3.63) is 46.6 Å². The van der Waals surface area contributed by atoms with Crippen LogP contribution < -0.4 is 0 Å². The van der Waals surface area contributed by atoms with Crippen LogP contribution in [-0.2, 0) is 10.3 Å². The summed E-state index contributed by atoms with van der Waals surface area (Å²) >= 11 is 5.76. The van der Waals surface area contributed by atoms with Crippen LogP contribution in [-0.4, -0.2) is 32.5 Å². The number of rotatable bonds is 1. The molecule has 2 amide bonds. The fourth-order valence-electron chi connectivity index (χ4n) is 3.06. The van der Waals surface area contributed by atoms with Crippen molar-refractivity contribution in [3.8, 4) is 11.3 Å². The van der Waals surface area contributed by atoms with Gasteiger partial charge in [-0.05, 0) is 57.8 Å². The van der Waals surface area contributed by atoms with E-state index in [1.165, 1.54) is 6.07 Å². The van der Waals surface area contributed by atoms with Gasteiger partial charge in [-0.2, -0.15) is 0 Å². The van der Waals surface area contributed by atoms with Crippen LogP contribution >= 0.6 is 11.6 Å². The van der Waals surface area contributed by atoms with Crippen LogP contribution in [0.5, 0.6) is 0 Å². The van der Waals surface area contributed by atoms with Gasteiger partial charge in [0.1, 0.15) is 11.3 Å². The Balaban J connectivity index is 2.06. The number of aromatic nitrogens is 2. The molecule has 0 radical (unpaired) electrons. The molecule has 27 heavy (non-hydrogen) atoms. The number of carbonyl (C=O) groups excluding carboxylic acids is 2. The Bertz CT molecular complexity index is 954. The molecular formula is C19H19ClFN3O3. The summed E-state index contributed by atoms with van der Waals surface area (Å²) < 4.78 is 19.5. The van der Waals surface area contributed by atoms with Gasteiger partial charge in [0.15, 0.2) is 5.82 Å². The van der Waals surface area contributed by atoms with E-state index in [1.807, 2.05) is 0 Å². The Hall–Kier alpha value is -2.54. The maximum absolute atomic E-state index is 14.1. The highest BCUT2D eigenvalue weighted by Gasteiger charge is 2.48. The predicted molar refractivity (Wildman–Crippen MR) is 97.9 cm³/mol. The number of imide groups is 1. The quantitative estimate of drug-likeness (QED) is 0.666. The molecule has 0 fully saturated rings. The zero-order valence-electron chi connectivity index (χ0n) is 15.6. The van der Waals surface area contributed by atoms with E-state index in [0.717, 1.165) is 11.1 Å². The third-order valence-corrected chi connectivity index (χ3v) is 4.42. The summed E-state index contributed by atoms with van der Waals surface area (Å²) in [6.45, 7) is 8.69. The van der Waals surface area contributed by atoms with Gasteiger partial charge in [-0.25, -0.2) is 24.1 Å². The summed E-state index contributed by atoms with van der Waals surface area (Å²) in [7, 11) is 0. The van der Waals surface area contributed by atoms with Crippen molar-refractivity contribution in [1.82, 2.24) is 14.9 Å². The van der Waals surface area contributed by atoms with Crippen molar-refractivity contribution >= 4 is 23.6 Å². The van der Waals surface area contributed by atoms with Gasteiger partial charge in [0.25, 0.3) is 5.91 Å². The summed E-state index contributed by atoms with van der Waals surface area (Å²) in [5.41, 5.74) is -0.367. The van der Waals surface area contributed by atoms with Gasteiger partial charge in [-0.1, -0.05) is 12.1 Å². The van der Waals surface area contributed by atoms with Gasteiger partial charge in [0.05, 0.1) is 11.7 Å². The molecule has 0 aliphatic carbocycles. The average Bonchev–Trinajstić information content (AvgIpc) is 2.74. The predicted octanol–water partition coefficient (Wildman–Crippen LogP) is 4.56. The van der Waals surface area contributed by atoms with Crippen LogP contribution in [0.4, 0.5) is 9.18 Å². The molecule has 1 aromatic heterocycles. The number of fused-ring (bicyclic) bond motifs is 1. The van der Waals surface area contributed by atoms with Gasteiger partial charge in [0.2, 0.25) is 5.28 Å². The minimum Gasteiger partial charge on any atom is -0.443 e. The highest BCUT2D eigenvalue weighted by molar-refractivity contribution is 6.28. The molecule has 142 valence electrons. The molecule has 3 rings (SSSR count). The SMILES string of the molecule is CC(C)(C)OC(=O)N1C(=O)c2cc(-c3nc(Cl)ncc3F)ccc2C1(C)C. The van der Waals surface area contributed by atoms with Crippen molar-refractivity contribution in [2.75, 3.05) is 0 Å². The van der Waals surface area contributed by atoms with Gasteiger partial charge >= 0.3 is 6.09 Å². The molecule has 0 unspecified atom stereocenters. The number of hydrogen-bond donors (Lipinski definition) is 0. The number of amides is 2. The molecule has 0 N–H and O–H groups in total. The third kappa shape index (κ3) is 3.39. The number of halogens is 2. The zero-order chi connectivity index (χ0) is 20.1.